The van der Waals surface area contributed by atoms with Gasteiger partial charge >= 0.3 is 0 Å². The molecular weight excluding hydrogens is 318 g/mol. The molecule has 0 atom stereocenters. The van der Waals surface area contributed by atoms with Crippen LogP contribution in [-0.4, -0.2) is 26.9 Å². The van der Waals surface area contributed by atoms with Crippen molar-refractivity contribution >= 4 is 21.4 Å². The van der Waals surface area contributed by atoms with Crippen LogP contribution in [0.5, 0.6) is 11.5 Å². The zero-order valence-corrected chi connectivity index (χ0v) is 13.0. The Morgan fingerprint density at radius 1 is 1.04 bits per heavy atom. The lowest BCUT2D eigenvalue weighted by atomic mass is 10.2. The fourth-order valence-corrected chi connectivity index (χ4v) is 3.52. The Bertz CT molecular complexity index is 818. The summed E-state index contributed by atoms with van der Waals surface area (Å²) in [6, 6.07) is 13.7. The molecule has 3 rings (SSSR count). The summed E-state index contributed by atoms with van der Waals surface area (Å²) in [7, 11) is -3.53. The molecule has 0 fully saturated rings. The van der Waals surface area contributed by atoms with Crippen molar-refractivity contribution in [2.24, 2.45) is 0 Å². The van der Waals surface area contributed by atoms with Crippen LogP contribution in [0, 0.1) is 0 Å². The van der Waals surface area contributed by atoms with E-state index < -0.39 is 21.5 Å². The first-order chi connectivity index (χ1) is 11.0. The van der Waals surface area contributed by atoms with Gasteiger partial charge in [-0.15, -0.1) is 0 Å². The standard InChI is InChI=1S/C16H15NO5S/c18-16(10-23(19,20)9-12-4-2-1-3-5-12)17-13-6-7-14-15(8-13)22-11-21-14/h1-8H,9-11H2,(H,17,18). The van der Waals surface area contributed by atoms with Crippen LogP contribution in [0.25, 0.3) is 0 Å². The van der Waals surface area contributed by atoms with Gasteiger partial charge in [-0.2, -0.15) is 0 Å². The van der Waals surface area contributed by atoms with E-state index in [1.54, 1.807) is 42.5 Å². The number of sulfone groups is 1. The molecule has 0 saturated carbocycles. The molecule has 0 radical (unpaired) electrons. The summed E-state index contributed by atoms with van der Waals surface area (Å²) in [4.78, 5) is 12.0. The molecule has 0 unspecified atom stereocenters. The van der Waals surface area contributed by atoms with E-state index in [0.29, 0.717) is 22.7 Å². The Morgan fingerprint density at radius 2 is 1.78 bits per heavy atom. The maximum atomic E-state index is 12.1. The van der Waals surface area contributed by atoms with Gasteiger partial charge in [-0.05, 0) is 17.7 Å². The number of anilines is 1. The zero-order valence-electron chi connectivity index (χ0n) is 12.2. The van der Waals surface area contributed by atoms with Gasteiger partial charge in [0.05, 0.1) is 5.75 Å². The van der Waals surface area contributed by atoms with Crippen LogP contribution in [0.15, 0.2) is 48.5 Å². The number of amides is 1. The topological polar surface area (TPSA) is 81.7 Å². The van der Waals surface area contributed by atoms with Crippen molar-refractivity contribution in [3.8, 4) is 11.5 Å². The Hall–Kier alpha value is -2.54. The smallest absolute Gasteiger partial charge is 0.239 e. The predicted octanol–water partition coefficient (Wildman–Crippen LogP) is 1.97. The molecule has 0 aromatic heterocycles. The van der Waals surface area contributed by atoms with E-state index in [1.165, 1.54) is 0 Å². The Balaban J connectivity index is 1.62. The summed E-state index contributed by atoms with van der Waals surface area (Å²) >= 11 is 0. The summed E-state index contributed by atoms with van der Waals surface area (Å²) in [5.41, 5.74) is 1.12. The minimum Gasteiger partial charge on any atom is -0.454 e. The van der Waals surface area contributed by atoms with Gasteiger partial charge in [-0.3, -0.25) is 4.79 Å². The molecule has 0 bridgehead atoms. The second-order valence-electron chi connectivity index (χ2n) is 5.13. The van der Waals surface area contributed by atoms with E-state index in [0.717, 1.165) is 0 Å². The maximum Gasteiger partial charge on any atom is 0.239 e. The van der Waals surface area contributed by atoms with Crippen LogP contribution < -0.4 is 14.8 Å². The van der Waals surface area contributed by atoms with Gasteiger partial charge in [0.2, 0.25) is 12.7 Å². The summed E-state index contributed by atoms with van der Waals surface area (Å²) in [5, 5.41) is 2.56. The van der Waals surface area contributed by atoms with Crippen molar-refractivity contribution < 1.29 is 22.7 Å². The molecular formula is C16H15NO5S. The number of hydrogen-bond acceptors (Lipinski definition) is 5. The molecule has 120 valence electrons. The van der Waals surface area contributed by atoms with Crippen LogP contribution in [0.2, 0.25) is 0 Å². The van der Waals surface area contributed by atoms with Gasteiger partial charge < -0.3 is 14.8 Å². The number of benzene rings is 2. The van der Waals surface area contributed by atoms with E-state index in [9.17, 15) is 13.2 Å². The quantitative estimate of drug-likeness (QED) is 0.905. The maximum absolute atomic E-state index is 12.1. The molecule has 0 aliphatic carbocycles. The van der Waals surface area contributed by atoms with Crippen molar-refractivity contribution in [1.29, 1.82) is 0 Å². The normalized spacial score (nSPS) is 12.9. The largest absolute Gasteiger partial charge is 0.454 e. The van der Waals surface area contributed by atoms with E-state index >= 15 is 0 Å². The van der Waals surface area contributed by atoms with Crippen molar-refractivity contribution in [3.05, 3.63) is 54.1 Å². The van der Waals surface area contributed by atoms with Crippen LogP contribution >= 0.6 is 0 Å². The summed E-state index contributed by atoms with van der Waals surface area (Å²) in [5.74, 6) is -0.201. The average molecular weight is 333 g/mol. The van der Waals surface area contributed by atoms with Crippen LogP contribution in [0.4, 0.5) is 5.69 Å². The van der Waals surface area contributed by atoms with Crippen molar-refractivity contribution in [2.75, 3.05) is 17.9 Å². The number of carbonyl (C=O) groups is 1. The minimum atomic E-state index is -3.53. The SMILES string of the molecule is O=C(CS(=O)(=O)Cc1ccccc1)Nc1ccc2c(c1)OCO2. The van der Waals surface area contributed by atoms with E-state index in [4.69, 9.17) is 9.47 Å². The third kappa shape index (κ3) is 4.01. The van der Waals surface area contributed by atoms with E-state index in [2.05, 4.69) is 5.32 Å². The molecule has 1 N–H and O–H groups in total. The van der Waals surface area contributed by atoms with Crippen molar-refractivity contribution in [3.63, 3.8) is 0 Å². The fraction of sp³-hybridized carbons (Fsp3) is 0.188. The molecule has 1 heterocycles. The molecule has 7 heteroatoms. The fourth-order valence-electron chi connectivity index (χ4n) is 2.25. The highest BCUT2D eigenvalue weighted by Crippen LogP contribution is 2.34. The van der Waals surface area contributed by atoms with Crippen molar-refractivity contribution in [1.82, 2.24) is 0 Å². The lowest BCUT2D eigenvalue weighted by molar-refractivity contribution is -0.113. The second-order valence-corrected chi connectivity index (χ2v) is 7.20. The van der Waals surface area contributed by atoms with Gasteiger partial charge in [0.25, 0.3) is 0 Å². The molecule has 0 saturated heterocycles. The molecule has 6 nitrogen and oxygen atoms in total. The number of nitrogens with one attached hydrogen (secondary N) is 1. The van der Waals surface area contributed by atoms with Gasteiger partial charge in [0, 0.05) is 11.8 Å². The highest BCUT2D eigenvalue weighted by molar-refractivity contribution is 7.91. The van der Waals surface area contributed by atoms with E-state index in [-0.39, 0.29) is 12.5 Å². The number of fused-ring (bicyclic) bond motifs is 1. The van der Waals surface area contributed by atoms with Crippen LogP contribution in [-0.2, 0) is 20.4 Å². The van der Waals surface area contributed by atoms with E-state index in [1.807, 2.05) is 6.07 Å². The average Bonchev–Trinajstić information content (AvgIpc) is 2.94. The molecule has 1 aliphatic rings. The second kappa shape index (κ2) is 6.29. The van der Waals surface area contributed by atoms with Gasteiger partial charge in [0.1, 0.15) is 5.75 Å². The minimum absolute atomic E-state index is 0.137. The first-order valence-corrected chi connectivity index (χ1v) is 8.78. The van der Waals surface area contributed by atoms with Gasteiger partial charge in [0.15, 0.2) is 21.3 Å². The summed E-state index contributed by atoms with van der Waals surface area (Å²) in [6.45, 7) is 0.137. The molecule has 1 amide bonds. The number of ether oxygens (including phenoxy) is 2. The summed E-state index contributed by atoms with van der Waals surface area (Å²) in [6.07, 6.45) is 0. The third-order valence-corrected chi connectivity index (χ3v) is 4.71. The number of rotatable bonds is 5. The molecule has 23 heavy (non-hydrogen) atoms. The molecule has 2 aromatic rings. The lowest BCUT2D eigenvalue weighted by Gasteiger charge is -2.07. The molecule has 0 spiro atoms. The molecule has 2 aromatic carbocycles. The number of carbonyl (C=O) groups excluding carboxylic acids is 1. The lowest BCUT2D eigenvalue weighted by Crippen LogP contribution is -2.23. The first kappa shape index (κ1) is 15.4. The first-order valence-electron chi connectivity index (χ1n) is 6.96. The predicted molar refractivity (Wildman–Crippen MR) is 85.1 cm³/mol. The Morgan fingerprint density at radius 3 is 2.57 bits per heavy atom. The Kier molecular flexibility index (Phi) is 4.20. The van der Waals surface area contributed by atoms with Crippen LogP contribution in [0.3, 0.4) is 0 Å². The van der Waals surface area contributed by atoms with Crippen molar-refractivity contribution in [2.45, 2.75) is 5.75 Å². The van der Waals surface area contributed by atoms with Crippen LogP contribution in [0.1, 0.15) is 5.56 Å². The Labute approximate surface area is 134 Å². The van der Waals surface area contributed by atoms with Gasteiger partial charge in [-0.1, -0.05) is 30.3 Å². The monoisotopic (exact) mass is 333 g/mol. The summed E-state index contributed by atoms with van der Waals surface area (Å²) < 4.78 is 34.5. The third-order valence-electron chi connectivity index (χ3n) is 3.24. The highest BCUT2D eigenvalue weighted by Gasteiger charge is 2.19. The molecule has 1 aliphatic heterocycles. The van der Waals surface area contributed by atoms with Gasteiger partial charge in [-0.25, -0.2) is 8.42 Å². The highest BCUT2D eigenvalue weighted by atomic mass is 32.2. The number of hydrogen-bond donors (Lipinski definition) is 1. The zero-order chi connectivity index (χ0) is 16.3.